The quantitative estimate of drug-likeness (QED) is 0.319. The summed E-state index contributed by atoms with van der Waals surface area (Å²) in [5, 5.41) is 2.68. The molecule has 0 saturated carbocycles. The molecule has 0 N–H and O–H groups in total. The normalized spacial score (nSPS) is 20.5. The molecule has 0 spiro atoms. The molecule has 0 bridgehead atoms. The van der Waals surface area contributed by atoms with Crippen molar-refractivity contribution < 1.29 is 0 Å². The summed E-state index contributed by atoms with van der Waals surface area (Å²) in [4.78, 5) is 5.03. The highest BCUT2D eigenvalue weighted by molar-refractivity contribution is 5.88. The Morgan fingerprint density at radius 2 is 1.23 bits per heavy atom. The summed E-state index contributed by atoms with van der Waals surface area (Å²) < 4.78 is 0. The molecule has 6 rings (SSSR count). The SMILES string of the molecule is CC.CC.CC.CN1CCCC1Cc1ccc2cc(-c3ccc(C4=CC=C(C5CCCN5C)C4)cc3)ccc2c1. The van der Waals surface area contributed by atoms with Crippen LogP contribution in [0.4, 0.5) is 0 Å². The standard InChI is InChI=1S/C32H36N2.3C2H6/c1-33-17-3-5-31(33)20-23-7-8-29-21-27(14-13-26(29)19-23)24-9-11-25(12-10-24)28-15-16-30(22-28)32-6-4-18-34(32)2;3*1-2/h7-16,19,21,31-32H,3-6,17-18,20,22H2,1-2H3;3*1-2H3. The Morgan fingerprint density at radius 3 is 1.88 bits per heavy atom. The lowest BCUT2D eigenvalue weighted by molar-refractivity contribution is 0.309. The van der Waals surface area contributed by atoms with Crippen LogP contribution in [0, 0.1) is 0 Å². The fourth-order valence-electron chi connectivity index (χ4n) is 6.34. The summed E-state index contributed by atoms with van der Waals surface area (Å²) in [5.41, 5.74) is 8.47. The number of rotatable bonds is 5. The average molecular weight is 539 g/mol. The molecular formula is C38H54N2. The van der Waals surface area contributed by atoms with Crippen molar-refractivity contribution >= 4 is 16.3 Å². The zero-order valence-corrected chi connectivity index (χ0v) is 26.6. The van der Waals surface area contributed by atoms with Crippen LogP contribution in [0.25, 0.3) is 27.5 Å². The number of benzene rings is 3. The van der Waals surface area contributed by atoms with Crippen LogP contribution in [0.5, 0.6) is 0 Å². The molecule has 2 heterocycles. The average Bonchev–Trinajstić information content (AvgIpc) is 3.78. The van der Waals surface area contributed by atoms with Gasteiger partial charge in [-0.2, -0.15) is 0 Å². The van der Waals surface area contributed by atoms with Crippen LogP contribution in [0.15, 0.2) is 78.4 Å². The molecule has 3 aliphatic rings. The van der Waals surface area contributed by atoms with E-state index in [2.05, 4.69) is 96.7 Å². The Labute approximate surface area is 245 Å². The van der Waals surface area contributed by atoms with Gasteiger partial charge in [0.2, 0.25) is 0 Å². The zero-order valence-electron chi connectivity index (χ0n) is 26.6. The maximum Gasteiger partial charge on any atom is 0.0311 e. The molecule has 0 amide bonds. The molecule has 216 valence electrons. The summed E-state index contributed by atoms with van der Waals surface area (Å²) in [5.74, 6) is 0. The Balaban J connectivity index is 0.000000691. The van der Waals surface area contributed by atoms with E-state index in [-0.39, 0.29) is 0 Å². The van der Waals surface area contributed by atoms with Crippen molar-refractivity contribution in [2.45, 2.75) is 92.2 Å². The van der Waals surface area contributed by atoms with Gasteiger partial charge in [-0.3, -0.25) is 4.90 Å². The van der Waals surface area contributed by atoms with Crippen molar-refractivity contribution in [3.8, 4) is 11.1 Å². The Bertz CT molecular complexity index is 1250. The Kier molecular flexibility index (Phi) is 12.7. The van der Waals surface area contributed by atoms with Crippen LogP contribution >= 0.6 is 0 Å². The van der Waals surface area contributed by atoms with Gasteiger partial charge >= 0.3 is 0 Å². The Hall–Kier alpha value is -2.68. The van der Waals surface area contributed by atoms with E-state index < -0.39 is 0 Å². The van der Waals surface area contributed by atoms with Crippen LogP contribution in [0.1, 0.15) is 84.8 Å². The van der Waals surface area contributed by atoms with Crippen molar-refractivity contribution in [1.82, 2.24) is 9.80 Å². The van der Waals surface area contributed by atoms with Gasteiger partial charge < -0.3 is 4.90 Å². The number of allylic oxidation sites excluding steroid dienone is 3. The zero-order chi connectivity index (χ0) is 29.1. The molecule has 2 nitrogen and oxygen atoms in total. The van der Waals surface area contributed by atoms with Gasteiger partial charge in [-0.25, -0.2) is 0 Å². The highest BCUT2D eigenvalue weighted by atomic mass is 15.1. The predicted octanol–water partition coefficient (Wildman–Crippen LogP) is 10.0. The van der Waals surface area contributed by atoms with Crippen LogP contribution in [-0.4, -0.2) is 49.1 Å². The third-order valence-electron chi connectivity index (χ3n) is 8.48. The number of nitrogens with zero attached hydrogens (tertiary/aromatic N) is 2. The predicted molar refractivity (Wildman–Crippen MR) is 179 cm³/mol. The highest BCUT2D eigenvalue weighted by Crippen LogP contribution is 2.35. The molecule has 0 aromatic heterocycles. The largest absolute Gasteiger partial charge is 0.303 e. The lowest BCUT2D eigenvalue weighted by Crippen LogP contribution is -2.26. The van der Waals surface area contributed by atoms with Crippen LogP contribution in [0.2, 0.25) is 0 Å². The smallest absolute Gasteiger partial charge is 0.0311 e. The van der Waals surface area contributed by atoms with Crippen molar-refractivity contribution in [2.75, 3.05) is 27.2 Å². The second-order valence-electron chi connectivity index (χ2n) is 10.7. The summed E-state index contributed by atoms with van der Waals surface area (Å²) in [6.07, 6.45) is 12.3. The molecule has 0 radical (unpaired) electrons. The van der Waals surface area contributed by atoms with E-state index in [4.69, 9.17) is 0 Å². The van der Waals surface area contributed by atoms with Gasteiger partial charge in [-0.15, -0.1) is 0 Å². The minimum absolute atomic E-state index is 0.644. The minimum atomic E-state index is 0.644. The van der Waals surface area contributed by atoms with Gasteiger partial charge in [0.05, 0.1) is 0 Å². The molecule has 2 aliphatic heterocycles. The third kappa shape index (κ3) is 7.53. The molecule has 3 aromatic rings. The highest BCUT2D eigenvalue weighted by Gasteiger charge is 2.26. The topological polar surface area (TPSA) is 6.48 Å². The molecular weight excluding hydrogens is 484 g/mol. The first-order chi connectivity index (χ1) is 19.6. The maximum absolute atomic E-state index is 2.52. The van der Waals surface area contributed by atoms with Gasteiger partial charge in [0.15, 0.2) is 0 Å². The van der Waals surface area contributed by atoms with Crippen molar-refractivity contribution in [3.05, 3.63) is 89.5 Å². The number of hydrogen-bond donors (Lipinski definition) is 0. The van der Waals surface area contributed by atoms with Gasteiger partial charge in [0, 0.05) is 12.1 Å². The van der Waals surface area contributed by atoms with Crippen LogP contribution < -0.4 is 0 Å². The summed E-state index contributed by atoms with van der Waals surface area (Å²) in [7, 11) is 4.53. The second-order valence-corrected chi connectivity index (χ2v) is 10.7. The number of hydrogen-bond acceptors (Lipinski definition) is 2. The summed E-state index contributed by atoms with van der Waals surface area (Å²) >= 11 is 0. The van der Waals surface area contributed by atoms with Gasteiger partial charge in [0.25, 0.3) is 0 Å². The van der Waals surface area contributed by atoms with E-state index in [0.717, 1.165) is 6.42 Å². The van der Waals surface area contributed by atoms with Crippen molar-refractivity contribution in [2.24, 2.45) is 0 Å². The molecule has 2 atom stereocenters. The van der Waals surface area contributed by atoms with E-state index in [9.17, 15) is 0 Å². The maximum atomic E-state index is 2.52. The lowest BCUT2D eigenvalue weighted by atomic mass is 9.95. The van der Waals surface area contributed by atoms with E-state index >= 15 is 0 Å². The van der Waals surface area contributed by atoms with E-state index in [1.54, 1.807) is 5.57 Å². The molecule has 2 saturated heterocycles. The molecule has 40 heavy (non-hydrogen) atoms. The number of likely N-dealkylation sites (tertiary alicyclic amines) is 2. The molecule has 2 fully saturated rings. The Morgan fingerprint density at radius 1 is 0.625 bits per heavy atom. The van der Waals surface area contributed by atoms with E-state index in [1.807, 2.05) is 41.5 Å². The molecule has 1 aliphatic carbocycles. The first-order valence-corrected chi connectivity index (χ1v) is 16.1. The summed E-state index contributed by atoms with van der Waals surface area (Å²) in [6.45, 7) is 14.5. The van der Waals surface area contributed by atoms with E-state index in [0.29, 0.717) is 12.1 Å². The lowest BCUT2D eigenvalue weighted by Gasteiger charge is -2.21. The first-order valence-electron chi connectivity index (χ1n) is 16.1. The molecule has 3 aromatic carbocycles. The van der Waals surface area contributed by atoms with Gasteiger partial charge in [-0.1, -0.05) is 108 Å². The fraction of sp³-hybridized carbons (Fsp3) is 0.474. The fourth-order valence-corrected chi connectivity index (χ4v) is 6.34. The number of likely N-dealkylation sites (N-methyl/N-ethyl adjacent to an activating group) is 2. The third-order valence-corrected chi connectivity index (χ3v) is 8.48. The summed E-state index contributed by atoms with van der Waals surface area (Å²) in [6, 6.07) is 24.5. The monoisotopic (exact) mass is 538 g/mol. The number of fused-ring (bicyclic) bond motifs is 1. The first kappa shape index (κ1) is 31.8. The van der Waals surface area contributed by atoms with Gasteiger partial charge in [0.1, 0.15) is 0 Å². The van der Waals surface area contributed by atoms with Crippen molar-refractivity contribution in [1.29, 1.82) is 0 Å². The second kappa shape index (κ2) is 15.9. The van der Waals surface area contributed by atoms with Gasteiger partial charge in [-0.05, 0) is 116 Å². The van der Waals surface area contributed by atoms with Crippen LogP contribution in [0.3, 0.4) is 0 Å². The molecule has 2 heteroatoms. The minimum Gasteiger partial charge on any atom is -0.303 e. The van der Waals surface area contributed by atoms with Crippen LogP contribution in [-0.2, 0) is 6.42 Å². The van der Waals surface area contributed by atoms with Crippen molar-refractivity contribution in [3.63, 3.8) is 0 Å². The van der Waals surface area contributed by atoms with E-state index in [1.165, 1.54) is 83.8 Å². The molecule has 2 unspecified atom stereocenters.